The number of piperidine rings is 1. The number of carbonyl (C=O) groups excluding carboxylic acids is 1. The molecule has 1 aliphatic rings. The molecule has 3 rings (SSSR count). The van der Waals surface area contributed by atoms with E-state index in [2.05, 4.69) is 20.4 Å². The van der Waals surface area contributed by atoms with Gasteiger partial charge in [0.1, 0.15) is 0 Å². The van der Waals surface area contributed by atoms with Crippen molar-refractivity contribution in [2.24, 2.45) is 0 Å². The van der Waals surface area contributed by atoms with Crippen LogP contribution in [0, 0.1) is 0 Å². The van der Waals surface area contributed by atoms with Crippen molar-refractivity contribution in [3.8, 4) is 0 Å². The Morgan fingerprint density at radius 1 is 1.00 bits per heavy atom. The minimum atomic E-state index is -3.26. The quantitative estimate of drug-likeness (QED) is 0.898. The summed E-state index contributed by atoms with van der Waals surface area (Å²) in [6.07, 6.45) is 4.67. The van der Waals surface area contributed by atoms with E-state index in [0.29, 0.717) is 5.69 Å². The Kier molecular flexibility index (Phi) is 4.98. The van der Waals surface area contributed by atoms with E-state index in [-0.39, 0.29) is 16.5 Å². The molecular weight excluding hydrogens is 340 g/mol. The Morgan fingerprint density at radius 3 is 2.24 bits per heavy atom. The molecule has 1 amide bonds. The van der Waals surface area contributed by atoms with Crippen LogP contribution in [-0.4, -0.2) is 43.9 Å². The van der Waals surface area contributed by atoms with Crippen LogP contribution in [0.15, 0.2) is 41.3 Å². The minimum Gasteiger partial charge on any atom is -0.355 e. The molecule has 25 heavy (non-hydrogen) atoms. The Bertz CT molecular complexity index is 842. The lowest BCUT2D eigenvalue weighted by atomic mass is 10.1. The molecule has 2 heterocycles. The fraction of sp³-hybridized carbons (Fsp3) is 0.353. The van der Waals surface area contributed by atoms with Gasteiger partial charge in [-0.2, -0.15) is 0 Å². The highest BCUT2D eigenvalue weighted by molar-refractivity contribution is 7.90. The van der Waals surface area contributed by atoms with Crippen LogP contribution in [0.3, 0.4) is 0 Å². The van der Waals surface area contributed by atoms with Crippen LogP contribution in [-0.2, 0) is 9.84 Å². The molecule has 0 unspecified atom stereocenters. The van der Waals surface area contributed by atoms with Crippen LogP contribution in [0.2, 0.25) is 0 Å². The fourth-order valence-corrected chi connectivity index (χ4v) is 3.35. The van der Waals surface area contributed by atoms with E-state index in [4.69, 9.17) is 0 Å². The van der Waals surface area contributed by atoms with Crippen molar-refractivity contribution in [1.29, 1.82) is 0 Å². The first-order valence-electron chi connectivity index (χ1n) is 8.14. The highest BCUT2D eigenvalue weighted by atomic mass is 32.2. The van der Waals surface area contributed by atoms with Gasteiger partial charge in [0.25, 0.3) is 5.91 Å². The summed E-state index contributed by atoms with van der Waals surface area (Å²) in [5.74, 6) is 0.401. The van der Waals surface area contributed by atoms with Gasteiger partial charge in [0, 0.05) is 25.0 Å². The molecule has 0 atom stereocenters. The predicted octanol–water partition coefficient (Wildman–Crippen LogP) is 2.12. The van der Waals surface area contributed by atoms with Gasteiger partial charge in [0.15, 0.2) is 21.3 Å². The molecule has 0 bridgehead atoms. The van der Waals surface area contributed by atoms with Gasteiger partial charge in [0.2, 0.25) is 0 Å². The topological polar surface area (TPSA) is 92.3 Å². The number of carbonyl (C=O) groups is 1. The van der Waals surface area contributed by atoms with Gasteiger partial charge in [-0.1, -0.05) is 0 Å². The van der Waals surface area contributed by atoms with Crippen molar-refractivity contribution in [2.45, 2.75) is 24.2 Å². The predicted molar refractivity (Wildman–Crippen MR) is 95.6 cm³/mol. The van der Waals surface area contributed by atoms with E-state index >= 15 is 0 Å². The number of hydrogen-bond donors (Lipinski definition) is 1. The van der Waals surface area contributed by atoms with E-state index in [9.17, 15) is 13.2 Å². The zero-order chi connectivity index (χ0) is 17.9. The number of anilines is 2. The Labute approximate surface area is 147 Å². The van der Waals surface area contributed by atoms with Gasteiger partial charge < -0.3 is 10.2 Å². The molecule has 0 spiro atoms. The van der Waals surface area contributed by atoms with Crippen molar-refractivity contribution < 1.29 is 13.2 Å². The summed E-state index contributed by atoms with van der Waals surface area (Å²) in [6.45, 7) is 1.93. The number of nitrogens with one attached hydrogen (secondary N) is 1. The van der Waals surface area contributed by atoms with E-state index in [0.717, 1.165) is 38.0 Å². The van der Waals surface area contributed by atoms with Crippen LogP contribution in [0.1, 0.15) is 29.8 Å². The van der Waals surface area contributed by atoms with Crippen LogP contribution < -0.4 is 10.2 Å². The molecule has 1 aliphatic heterocycles. The van der Waals surface area contributed by atoms with E-state index in [1.165, 1.54) is 18.6 Å². The third-order valence-electron chi connectivity index (χ3n) is 4.10. The molecular formula is C17H20N4O3S. The number of amides is 1. The van der Waals surface area contributed by atoms with Crippen molar-refractivity contribution in [3.05, 3.63) is 42.1 Å². The SMILES string of the molecule is CS(=O)(=O)c1ccc(NC(=O)c2ccc(N3CCCCC3)nn2)cc1. The maximum atomic E-state index is 12.2. The molecule has 132 valence electrons. The number of hydrogen-bond acceptors (Lipinski definition) is 6. The summed E-state index contributed by atoms with van der Waals surface area (Å²) >= 11 is 0. The first-order chi connectivity index (χ1) is 11.9. The van der Waals surface area contributed by atoms with Crippen LogP contribution >= 0.6 is 0 Å². The largest absolute Gasteiger partial charge is 0.355 e. The third-order valence-corrected chi connectivity index (χ3v) is 5.23. The first kappa shape index (κ1) is 17.3. The second-order valence-corrected chi connectivity index (χ2v) is 8.09. The number of benzene rings is 1. The number of rotatable bonds is 4. The maximum absolute atomic E-state index is 12.2. The molecule has 0 radical (unpaired) electrons. The standard InChI is InChI=1S/C17H20N4O3S/c1-25(23,24)14-7-5-13(6-8-14)18-17(22)15-9-10-16(20-19-15)21-11-3-2-4-12-21/h5-10H,2-4,11-12H2,1H3,(H,18,22). The molecule has 0 aliphatic carbocycles. The average molecular weight is 360 g/mol. The van der Waals surface area contributed by atoms with E-state index in [1.807, 2.05) is 0 Å². The second-order valence-electron chi connectivity index (χ2n) is 6.08. The molecule has 1 aromatic carbocycles. The van der Waals surface area contributed by atoms with Crippen LogP contribution in [0.5, 0.6) is 0 Å². The zero-order valence-corrected chi connectivity index (χ0v) is 14.8. The van der Waals surface area contributed by atoms with Gasteiger partial charge >= 0.3 is 0 Å². The number of sulfone groups is 1. The first-order valence-corrected chi connectivity index (χ1v) is 10.0. The fourth-order valence-electron chi connectivity index (χ4n) is 2.72. The summed E-state index contributed by atoms with van der Waals surface area (Å²) in [5.41, 5.74) is 0.715. The summed E-state index contributed by atoms with van der Waals surface area (Å²) in [6, 6.07) is 9.46. The van der Waals surface area contributed by atoms with E-state index in [1.54, 1.807) is 24.3 Å². The minimum absolute atomic E-state index is 0.205. The Morgan fingerprint density at radius 2 is 1.68 bits per heavy atom. The molecule has 1 N–H and O–H groups in total. The number of nitrogens with zero attached hydrogens (tertiary/aromatic N) is 3. The maximum Gasteiger partial charge on any atom is 0.276 e. The summed E-state index contributed by atoms with van der Waals surface area (Å²) in [7, 11) is -3.26. The van der Waals surface area contributed by atoms with Crippen molar-refractivity contribution in [2.75, 3.05) is 29.6 Å². The molecule has 7 nitrogen and oxygen atoms in total. The van der Waals surface area contributed by atoms with Gasteiger partial charge in [-0.15, -0.1) is 10.2 Å². The molecule has 0 saturated carbocycles. The van der Waals surface area contributed by atoms with Crippen molar-refractivity contribution >= 4 is 27.2 Å². The lowest BCUT2D eigenvalue weighted by Gasteiger charge is -2.27. The highest BCUT2D eigenvalue weighted by Crippen LogP contribution is 2.17. The van der Waals surface area contributed by atoms with Gasteiger partial charge in [-0.3, -0.25) is 4.79 Å². The summed E-state index contributed by atoms with van der Waals surface area (Å²) < 4.78 is 22.9. The Hall–Kier alpha value is -2.48. The molecule has 1 saturated heterocycles. The third kappa shape index (κ3) is 4.33. The lowest BCUT2D eigenvalue weighted by Crippen LogP contribution is -2.30. The molecule has 2 aromatic rings. The van der Waals surface area contributed by atoms with Crippen molar-refractivity contribution in [1.82, 2.24) is 10.2 Å². The smallest absolute Gasteiger partial charge is 0.276 e. The Balaban J connectivity index is 1.66. The summed E-state index contributed by atoms with van der Waals surface area (Å²) in [4.78, 5) is 14.6. The molecule has 8 heteroatoms. The van der Waals surface area contributed by atoms with Gasteiger partial charge in [-0.25, -0.2) is 8.42 Å². The lowest BCUT2D eigenvalue weighted by molar-refractivity contribution is 0.102. The van der Waals surface area contributed by atoms with E-state index < -0.39 is 9.84 Å². The van der Waals surface area contributed by atoms with Crippen LogP contribution in [0.4, 0.5) is 11.5 Å². The number of aromatic nitrogens is 2. The highest BCUT2D eigenvalue weighted by Gasteiger charge is 2.14. The summed E-state index contributed by atoms with van der Waals surface area (Å²) in [5, 5.41) is 10.8. The monoisotopic (exact) mass is 360 g/mol. The van der Waals surface area contributed by atoms with Crippen molar-refractivity contribution in [3.63, 3.8) is 0 Å². The molecule has 1 aromatic heterocycles. The normalized spacial score (nSPS) is 15.0. The van der Waals surface area contributed by atoms with Gasteiger partial charge in [0.05, 0.1) is 4.90 Å². The molecule has 1 fully saturated rings. The average Bonchev–Trinajstić information content (AvgIpc) is 2.62. The van der Waals surface area contributed by atoms with Crippen LogP contribution in [0.25, 0.3) is 0 Å². The van der Waals surface area contributed by atoms with Gasteiger partial charge in [-0.05, 0) is 55.7 Å². The zero-order valence-electron chi connectivity index (χ0n) is 14.0. The second kappa shape index (κ2) is 7.18.